The summed E-state index contributed by atoms with van der Waals surface area (Å²) in [5.41, 5.74) is 0. The molecule has 0 bridgehead atoms. The second-order valence-corrected chi connectivity index (χ2v) is 3.83. The van der Waals surface area contributed by atoms with Gasteiger partial charge < -0.3 is 14.6 Å². The van der Waals surface area contributed by atoms with E-state index in [0.717, 1.165) is 11.8 Å². The Balaban J connectivity index is 4.01. The molecule has 74 valence electrons. The first-order chi connectivity index (χ1) is 6.11. The van der Waals surface area contributed by atoms with E-state index in [1.807, 2.05) is 0 Å². The number of carbonyl (C=O) groups is 2. The molecule has 0 heterocycles. The van der Waals surface area contributed by atoms with Gasteiger partial charge in [0.15, 0.2) is 0 Å². The van der Waals surface area contributed by atoms with Crippen molar-refractivity contribution in [2.24, 2.45) is 0 Å². The van der Waals surface area contributed by atoms with Gasteiger partial charge in [-0.3, -0.25) is 4.79 Å². The van der Waals surface area contributed by atoms with Crippen molar-refractivity contribution < 1.29 is 19.4 Å². The van der Waals surface area contributed by atoms with E-state index in [9.17, 15) is 9.59 Å². The monoisotopic (exact) mass is 222 g/mol. The molecule has 0 radical (unpaired) electrons. The van der Waals surface area contributed by atoms with Gasteiger partial charge in [-0.1, -0.05) is 11.8 Å². The first-order valence-corrected chi connectivity index (χ1v) is 4.90. The molecule has 0 aromatic rings. The number of ether oxygens (including phenoxy) is 1. The Labute approximate surface area is 85.6 Å². The predicted octanol–water partition coefficient (Wildman–Crippen LogP) is 1.08. The van der Waals surface area contributed by atoms with Gasteiger partial charge in [0.05, 0.1) is 6.61 Å². The molecule has 0 spiro atoms. The SMILES string of the molecule is CCOC(=S)SC(CC=O)C(=O)O. The molecule has 0 aromatic heterocycles. The maximum atomic E-state index is 10.5. The fourth-order valence-electron chi connectivity index (χ4n) is 0.555. The summed E-state index contributed by atoms with van der Waals surface area (Å²) in [6.45, 7) is 2.15. The first-order valence-electron chi connectivity index (χ1n) is 3.61. The van der Waals surface area contributed by atoms with E-state index in [4.69, 9.17) is 22.1 Å². The van der Waals surface area contributed by atoms with Crippen molar-refractivity contribution in [2.75, 3.05) is 6.61 Å². The Morgan fingerprint density at radius 2 is 2.38 bits per heavy atom. The lowest BCUT2D eigenvalue weighted by Crippen LogP contribution is -2.19. The minimum Gasteiger partial charge on any atom is -0.480 e. The maximum Gasteiger partial charge on any atom is 0.317 e. The number of hydrogen-bond acceptors (Lipinski definition) is 5. The van der Waals surface area contributed by atoms with Gasteiger partial charge in [-0.2, -0.15) is 0 Å². The third kappa shape index (κ3) is 5.59. The number of aldehydes is 1. The number of rotatable bonds is 5. The highest BCUT2D eigenvalue weighted by Crippen LogP contribution is 2.17. The summed E-state index contributed by atoms with van der Waals surface area (Å²) >= 11 is 5.60. The molecule has 0 aromatic carbocycles. The maximum absolute atomic E-state index is 10.5. The lowest BCUT2D eigenvalue weighted by Gasteiger charge is -2.08. The van der Waals surface area contributed by atoms with Crippen molar-refractivity contribution in [1.82, 2.24) is 0 Å². The lowest BCUT2D eigenvalue weighted by atomic mass is 10.3. The van der Waals surface area contributed by atoms with Crippen LogP contribution in [0.5, 0.6) is 0 Å². The second-order valence-electron chi connectivity index (χ2n) is 2.03. The third-order valence-corrected chi connectivity index (χ3v) is 2.48. The second kappa shape index (κ2) is 6.85. The first kappa shape index (κ1) is 12.4. The molecule has 13 heavy (non-hydrogen) atoms. The molecule has 1 atom stereocenters. The Morgan fingerprint density at radius 3 is 2.77 bits per heavy atom. The molecule has 1 unspecified atom stereocenters. The van der Waals surface area contributed by atoms with Crippen LogP contribution in [-0.2, 0) is 14.3 Å². The van der Waals surface area contributed by atoms with Crippen LogP contribution in [0.15, 0.2) is 0 Å². The fourth-order valence-corrected chi connectivity index (χ4v) is 1.71. The van der Waals surface area contributed by atoms with Crippen LogP contribution in [0.1, 0.15) is 13.3 Å². The van der Waals surface area contributed by atoms with Crippen molar-refractivity contribution in [3.63, 3.8) is 0 Å². The number of carbonyl (C=O) groups excluding carboxylic acids is 1. The van der Waals surface area contributed by atoms with Crippen LogP contribution in [0.4, 0.5) is 0 Å². The summed E-state index contributed by atoms with van der Waals surface area (Å²) in [6, 6.07) is 0. The van der Waals surface area contributed by atoms with Crippen molar-refractivity contribution in [2.45, 2.75) is 18.6 Å². The molecule has 0 aliphatic carbocycles. The van der Waals surface area contributed by atoms with Gasteiger partial charge in [-0.05, 0) is 19.1 Å². The van der Waals surface area contributed by atoms with Crippen LogP contribution in [-0.4, -0.2) is 33.6 Å². The highest BCUT2D eigenvalue weighted by Gasteiger charge is 2.20. The van der Waals surface area contributed by atoms with Crippen LogP contribution in [0, 0.1) is 0 Å². The smallest absolute Gasteiger partial charge is 0.317 e. The minimum absolute atomic E-state index is 0.0623. The number of aliphatic carboxylic acids is 1. The highest BCUT2D eigenvalue weighted by atomic mass is 32.2. The topological polar surface area (TPSA) is 63.6 Å². The highest BCUT2D eigenvalue weighted by molar-refractivity contribution is 8.23. The molecule has 0 aliphatic rings. The molecule has 0 saturated heterocycles. The Morgan fingerprint density at radius 1 is 1.77 bits per heavy atom. The standard InChI is InChI=1S/C7H10O4S2/c1-2-11-7(12)13-5(3-4-8)6(9)10/h4-5H,2-3H2,1H3,(H,9,10). The summed E-state index contributed by atoms with van der Waals surface area (Å²) in [5, 5.41) is 7.79. The normalized spacial score (nSPS) is 11.8. The largest absolute Gasteiger partial charge is 0.480 e. The summed E-state index contributed by atoms with van der Waals surface area (Å²) < 4.78 is 5.05. The Kier molecular flexibility index (Phi) is 6.52. The molecule has 0 fully saturated rings. The van der Waals surface area contributed by atoms with E-state index in [2.05, 4.69) is 0 Å². The van der Waals surface area contributed by atoms with Crippen LogP contribution in [0.3, 0.4) is 0 Å². The molecule has 0 rings (SSSR count). The van der Waals surface area contributed by atoms with Crippen LogP contribution in [0.25, 0.3) is 0 Å². The van der Waals surface area contributed by atoms with E-state index >= 15 is 0 Å². The number of hydrogen-bond donors (Lipinski definition) is 1. The van der Waals surface area contributed by atoms with Gasteiger partial charge in [-0.15, -0.1) is 0 Å². The molecular weight excluding hydrogens is 212 g/mol. The van der Waals surface area contributed by atoms with Gasteiger partial charge in [0.2, 0.25) is 4.38 Å². The predicted molar refractivity (Wildman–Crippen MR) is 53.9 cm³/mol. The van der Waals surface area contributed by atoms with Gasteiger partial charge in [0.1, 0.15) is 11.5 Å². The van der Waals surface area contributed by atoms with Gasteiger partial charge in [0, 0.05) is 6.42 Å². The van der Waals surface area contributed by atoms with Gasteiger partial charge in [-0.25, -0.2) is 0 Å². The molecule has 0 aliphatic heterocycles. The summed E-state index contributed by atoms with van der Waals surface area (Å²) in [6.07, 6.45) is 0.494. The number of carboxylic acid groups (broad SMARTS) is 1. The average Bonchev–Trinajstić information content (AvgIpc) is 2.04. The van der Waals surface area contributed by atoms with Crippen LogP contribution in [0.2, 0.25) is 0 Å². The van der Waals surface area contributed by atoms with Crippen molar-refractivity contribution in [3.05, 3.63) is 0 Å². The van der Waals surface area contributed by atoms with Gasteiger partial charge in [0.25, 0.3) is 0 Å². The minimum atomic E-state index is -1.06. The molecular formula is C7H10O4S2. The summed E-state index contributed by atoms with van der Waals surface area (Å²) in [4.78, 5) is 20.6. The molecule has 1 N–H and O–H groups in total. The van der Waals surface area contributed by atoms with E-state index in [1.54, 1.807) is 6.92 Å². The van der Waals surface area contributed by atoms with Crippen molar-refractivity contribution in [1.29, 1.82) is 0 Å². The van der Waals surface area contributed by atoms with Crippen LogP contribution >= 0.6 is 24.0 Å². The lowest BCUT2D eigenvalue weighted by molar-refractivity contribution is -0.137. The third-order valence-electron chi connectivity index (χ3n) is 1.09. The number of thioether (sulfide) groups is 1. The zero-order valence-electron chi connectivity index (χ0n) is 7.06. The van der Waals surface area contributed by atoms with E-state index < -0.39 is 11.2 Å². The van der Waals surface area contributed by atoms with Crippen molar-refractivity contribution >= 4 is 40.6 Å². The van der Waals surface area contributed by atoms with E-state index in [1.165, 1.54) is 0 Å². The Bertz CT molecular complexity index is 205. The van der Waals surface area contributed by atoms with Crippen molar-refractivity contribution in [3.8, 4) is 0 Å². The molecule has 0 amide bonds. The van der Waals surface area contributed by atoms with E-state index in [0.29, 0.717) is 12.9 Å². The number of carboxylic acids is 1. The van der Waals surface area contributed by atoms with Gasteiger partial charge >= 0.3 is 5.97 Å². The fraction of sp³-hybridized carbons (Fsp3) is 0.571. The quantitative estimate of drug-likeness (QED) is 0.555. The van der Waals surface area contributed by atoms with Crippen LogP contribution < -0.4 is 0 Å². The molecule has 4 nitrogen and oxygen atoms in total. The Hall–Kier alpha value is -0.620. The van der Waals surface area contributed by atoms with E-state index in [-0.39, 0.29) is 10.8 Å². The summed E-state index contributed by atoms with van der Waals surface area (Å²) in [5.74, 6) is -1.06. The zero-order valence-corrected chi connectivity index (χ0v) is 8.69. The molecule has 0 saturated carbocycles. The average molecular weight is 222 g/mol. The summed E-state index contributed by atoms with van der Waals surface area (Å²) in [7, 11) is 0. The molecule has 6 heteroatoms. The zero-order chi connectivity index (χ0) is 10.3. The number of thiocarbonyl (C=S) groups is 1.